The summed E-state index contributed by atoms with van der Waals surface area (Å²) in [5, 5.41) is 1.96. The van der Waals surface area contributed by atoms with Crippen molar-refractivity contribution in [2.45, 2.75) is 26.6 Å². The van der Waals surface area contributed by atoms with Crippen molar-refractivity contribution in [2.75, 3.05) is 6.61 Å². The molecule has 0 N–H and O–H groups in total. The van der Waals surface area contributed by atoms with Crippen LogP contribution in [0.25, 0.3) is 6.08 Å². The maximum absolute atomic E-state index is 12.8. The van der Waals surface area contributed by atoms with Crippen LogP contribution >= 0.6 is 11.3 Å². The molecule has 0 aliphatic rings. The predicted octanol–water partition coefficient (Wildman–Crippen LogP) is 5.58. The fourth-order valence-corrected chi connectivity index (χ4v) is 3.48. The van der Waals surface area contributed by atoms with Gasteiger partial charge in [-0.15, -0.1) is 11.3 Å². The zero-order valence-electron chi connectivity index (χ0n) is 16.3. The van der Waals surface area contributed by atoms with Crippen LogP contribution in [0.1, 0.15) is 23.1 Å². The Morgan fingerprint density at radius 1 is 1.20 bits per heavy atom. The van der Waals surface area contributed by atoms with E-state index in [4.69, 9.17) is 9.15 Å². The van der Waals surface area contributed by atoms with Gasteiger partial charge in [0.15, 0.2) is 11.5 Å². The zero-order valence-corrected chi connectivity index (χ0v) is 17.1. The molecule has 0 radical (unpaired) electrons. The summed E-state index contributed by atoms with van der Waals surface area (Å²) in [4.78, 5) is 15.6. The smallest absolute Gasteiger partial charge is 0.387 e. The Kier molecular flexibility index (Phi) is 7.62. The van der Waals surface area contributed by atoms with Crippen LogP contribution in [0.3, 0.4) is 0 Å². The Balaban J connectivity index is 1.75. The average molecular weight is 433 g/mol. The number of rotatable bonds is 10. The van der Waals surface area contributed by atoms with E-state index in [1.54, 1.807) is 53.7 Å². The quantitative estimate of drug-likeness (QED) is 0.392. The molecule has 0 saturated heterocycles. The second kappa shape index (κ2) is 10.6. The SMILES string of the molecule is CCOc1cc(/C=C\C(=O)N(Cc2ccco2)Cc2cccs2)ccc1OC(F)F. The van der Waals surface area contributed by atoms with Crippen molar-refractivity contribution < 1.29 is 27.5 Å². The van der Waals surface area contributed by atoms with E-state index in [0.717, 1.165) is 4.88 Å². The van der Waals surface area contributed by atoms with Crippen molar-refractivity contribution in [3.05, 3.63) is 76.4 Å². The van der Waals surface area contributed by atoms with Gasteiger partial charge in [-0.3, -0.25) is 4.79 Å². The molecule has 3 aromatic rings. The van der Waals surface area contributed by atoms with Gasteiger partial charge in [-0.2, -0.15) is 8.78 Å². The van der Waals surface area contributed by atoms with E-state index in [9.17, 15) is 13.6 Å². The number of benzene rings is 1. The highest BCUT2D eigenvalue weighted by atomic mass is 32.1. The van der Waals surface area contributed by atoms with Gasteiger partial charge in [0.05, 0.1) is 26.0 Å². The summed E-state index contributed by atoms with van der Waals surface area (Å²) < 4.78 is 40.3. The minimum absolute atomic E-state index is 0.0486. The van der Waals surface area contributed by atoms with Crippen molar-refractivity contribution in [1.29, 1.82) is 0 Å². The lowest BCUT2D eigenvalue weighted by molar-refractivity contribution is -0.127. The molecule has 0 unspecified atom stereocenters. The first-order valence-corrected chi connectivity index (χ1v) is 10.2. The second-order valence-corrected chi connectivity index (χ2v) is 7.24. The minimum Gasteiger partial charge on any atom is -0.490 e. The van der Waals surface area contributed by atoms with Gasteiger partial charge < -0.3 is 18.8 Å². The van der Waals surface area contributed by atoms with Crippen LogP contribution in [0, 0.1) is 0 Å². The standard InChI is InChI=1S/C22H21F2NO4S/c1-2-27-20-13-16(7-9-19(20)29-22(23)24)8-10-21(26)25(14-17-5-3-11-28-17)15-18-6-4-12-30-18/h3-13,22H,2,14-15H2,1H3/b10-8-. The Hall–Kier alpha value is -3.13. The molecule has 2 aromatic heterocycles. The summed E-state index contributed by atoms with van der Waals surface area (Å²) in [6, 6.07) is 12.0. The number of amides is 1. The Labute approximate surface area is 177 Å². The van der Waals surface area contributed by atoms with Gasteiger partial charge in [0, 0.05) is 11.0 Å². The van der Waals surface area contributed by atoms with Gasteiger partial charge >= 0.3 is 6.61 Å². The fraction of sp³-hybridized carbons (Fsp3) is 0.227. The maximum Gasteiger partial charge on any atom is 0.387 e. The highest BCUT2D eigenvalue weighted by Crippen LogP contribution is 2.30. The average Bonchev–Trinajstić information content (AvgIpc) is 3.41. The van der Waals surface area contributed by atoms with Crippen molar-refractivity contribution >= 4 is 23.3 Å². The van der Waals surface area contributed by atoms with Gasteiger partial charge in [0.25, 0.3) is 0 Å². The number of nitrogens with zero attached hydrogens (tertiary/aromatic N) is 1. The van der Waals surface area contributed by atoms with Gasteiger partial charge in [-0.05, 0) is 54.3 Å². The van der Waals surface area contributed by atoms with Crippen LogP contribution in [-0.4, -0.2) is 24.0 Å². The largest absolute Gasteiger partial charge is 0.490 e. The summed E-state index contributed by atoms with van der Waals surface area (Å²) in [5.74, 6) is 0.622. The summed E-state index contributed by atoms with van der Waals surface area (Å²) in [6.45, 7) is -0.120. The van der Waals surface area contributed by atoms with Crippen molar-refractivity contribution in [1.82, 2.24) is 4.90 Å². The van der Waals surface area contributed by atoms with Crippen LogP contribution < -0.4 is 9.47 Å². The number of carbonyl (C=O) groups is 1. The molecule has 1 amide bonds. The van der Waals surface area contributed by atoms with Crippen LogP contribution in [0.2, 0.25) is 0 Å². The van der Waals surface area contributed by atoms with E-state index in [-0.39, 0.29) is 17.4 Å². The number of halogens is 2. The second-order valence-electron chi connectivity index (χ2n) is 6.20. The predicted molar refractivity (Wildman–Crippen MR) is 111 cm³/mol. The van der Waals surface area contributed by atoms with Gasteiger partial charge in [0.1, 0.15) is 5.76 Å². The lowest BCUT2D eigenvalue weighted by Crippen LogP contribution is -2.27. The number of carbonyl (C=O) groups excluding carboxylic acids is 1. The topological polar surface area (TPSA) is 51.9 Å². The van der Waals surface area contributed by atoms with E-state index < -0.39 is 6.61 Å². The first-order chi connectivity index (χ1) is 14.5. The molecule has 0 bridgehead atoms. The zero-order chi connectivity index (χ0) is 21.3. The van der Waals surface area contributed by atoms with Crippen LogP contribution in [0.15, 0.2) is 64.6 Å². The molecule has 0 aliphatic carbocycles. The first kappa shape index (κ1) is 21.6. The van der Waals surface area contributed by atoms with Gasteiger partial charge in [-0.25, -0.2) is 0 Å². The van der Waals surface area contributed by atoms with Crippen molar-refractivity contribution in [3.8, 4) is 11.5 Å². The molecule has 5 nitrogen and oxygen atoms in total. The number of hydrogen-bond donors (Lipinski definition) is 0. The molecule has 0 aliphatic heterocycles. The lowest BCUT2D eigenvalue weighted by Gasteiger charge is -2.19. The summed E-state index contributed by atoms with van der Waals surface area (Å²) in [5.41, 5.74) is 0.627. The molecule has 0 spiro atoms. The first-order valence-electron chi connectivity index (χ1n) is 9.28. The van der Waals surface area contributed by atoms with E-state index in [1.807, 2.05) is 23.6 Å². The number of hydrogen-bond acceptors (Lipinski definition) is 5. The number of thiophene rings is 1. The molecule has 0 saturated carbocycles. The Morgan fingerprint density at radius 3 is 2.73 bits per heavy atom. The van der Waals surface area contributed by atoms with E-state index in [2.05, 4.69) is 4.74 Å². The molecule has 8 heteroatoms. The third-order valence-electron chi connectivity index (χ3n) is 4.07. The number of ether oxygens (including phenoxy) is 2. The van der Waals surface area contributed by atoms with E-state index >= 15 is 0 Å². The molecule has 1 aromatic carbocycles. The van der Waals surface area contributed by atoms with Crippen LogP contribution in [0.5, 0.6) is 11.5 Å². The molecule has 30 heavy (non-hydrogen) atoms. The molecule has 158 valence electrons. The summed E-state index contributed by atoms with van der Waals surface area (Å²) >= 11 is 1.57. The van der Waals surface area contributed by atoms with Crippen LogP contribution in [0.4, 0.5) is 8.78 Å². The number of furan rings is 1. The van der Waals surface area contributed by atoms with Gasteiger partial charge in [0.2, 0.25) is 5.91 Å². The normalized spacial score (nSPS) is 11.2. The number of alkyl halides is 2. The third kappa shape index (κ3) is 6.18. The molecule has 3 rings (SSSR count). The summed E-state index contributed by atoms with van der Waals surface area (Å²) in [7, 11) is 0. The highest BCUT2D eigenvalue weighted by molar-refractivity contribution is 7.09. The molecule has 0 atom stereocenters. The van der Waals surface area contributed by atoms with Crippen LogP contribution in [-0.2, 0) is 17.9 Å². The van der Waals surface area contributed by atoms with Gasteiger partial charge in [-0.1, -0.05) is 12.1 Å². The van der Waals surface area contributed by atoms with E-state index in [0.29, 0.717) is 31.0 Å². The van der Waals surface area contributed by atoms with Crippen molar-refractivity contribution in [2.24, 2.45) is 0 Å². The Morgan fingerprint density at radius 2 is 2.07 bits per heavy atom. The summed E-state index contributed by atoms with van der Waals surface area (Å²) in [6.07, 6.45) is 4.62. The molecule has 0 fully saturated rings. The fourth-order valence-electron chi connectivity index (χ4n) is 2.76. The molecular weight excluding hydrogens is 412 g/mol. The molecular formula is C22H21F2NO4S. The highest BCUT2D eigenvalue weighted by Gasteiger charge is 2.15. The monoisotopic (exact) mass is 433 g/mol. The Bertz CT molecular complexity index is 919. The maximum atomic E-state index is 12.8. The lowest BCUT2D eigenvalue weighted by atomic mass is 10.2. The van der Waals surface area contributed by atoms with Crippen molar-refractivity contribution in [3.63, 3.8) is 0 Å². The van der Waals surface area contributed by atoms with E-state index in [1.165, 1.54) is 12.1 Å². The minimum atomic E-state index is -2.94. The molecule has 2 heterocycles. The third-order valence-corrected chi connectivity index (χ3v) is 4.93.